The Kier molecular flexibility index (Phi) is 7.42. The Hall–Kier alpha value is -2.05. The van der Waals surface area contributed by atoms with Crippen LogP contribution in [0.4, 0.5) is 0 Å². The highest BCUT2D eigenvalue weighted by Crippen LogP contribution is 2.21. The van der Waals surface area contributed by atoms with Gasteiger partial charge in [0, 0.05) is 12.6 Å². The van der Waals surface area contributed by atoms with Crippen molar-refractivity contribution in [2.45, 2.75) is 46.1 Å². The molecule has 0 aromatic rings. The van der Waals surface area contributed by atoms with Crippen molar-refractivity contribution in [2.75, 3.05) is 19.8 Å². The number of rotatable bonds is 6. The monoisotopic (exact) mass is 313 g/mol. The Labute approximate surface area is 130 Å². The van der Waals surface area contributed by atoms with Gasteiger partial charge >= 0.3 is 17.9 Å². The number of allylic oxidation sites excluding steroid dienone is 1. The Morgan fingerprint density at radius 1 is 1.09 bits per heavy atom. The van der Waals surface area contributed by atoms with E-state index in [1.807, 2.05) is 0 Å². The van der Waals surface area contributed by atoms with E-state index >= 15 is 0 Å². The second-order valence-electron chi connectivity index (χ2n) is 4.83. The van der Waals surface area contributed by atoms with Crippen LogP contribution in [0.5, 0.6) is 0 Å². The smallest absolute Gasteiger partial charge is 0.347 e. The van der Waals surface area contributed by atoms with Crippen LogP contribution in [0.2, 0.25) is 0 Å². The molecule has 1 saturated heterocycles. The van der Waals surface area contributed by atoms with Gasteiger partial charge in [0.25, 0.3) is 0 Å². The summed E-state index contributed by atoms with van der Waals surface area (Å²) in [7, 11) is 0. The summed E-state index contributed by atoms with van der Waals surface area (Å²) in [6.07, 6.45) is 2.11. The fourth-order valence-electron chi connectivity index (χ4n) is 2.19. The van der Waals surface area contributed by atoms with Crippen molar-refractivity contribution in [2.24, 2.45) is 0 Å². The number of nitrogens with one attached hydrogen (secondary N) is 1. The first-order chi connectivity index (χ1) is 10.5. The maximum Gasteiger partial charge on any atom is 0.347 e. The predicted octanol–water partition coefficient (Wildman–Crippen LogP) is 1.07. The predicted molar refractivity (Wildman–Crippen MR) is 77.7 cm³/mol. The summed E-state index contributed by atoms with van der Waals surface area (Å²) in [5.41, 5.74) is 0.386. The minimum atomic E-state index is -0.698. The lowest BCUT2D eigenvalue weighted by Gasteiger charge is -2.27. The molecule has 1 rings (SSSR count). The maximum atomic E-state index is 12.0. The van der Waals surface area contributed by atoms with Crippen molar-refractivity contribution in [1.82, 2.24) is 5.32 Å². The third kappa shape index (κ3) is 5.38. The lowest BCUT2D eigenvalue weighted by molar-refractivity contribution is -0.147. The van der Waals surface area contributed by atoms with Gasteiger partial charge in [-0.25, -0.2) is 9.59 Å². The third-order valence-electron chi connectivity index (χ3n) is 3.11. The molecule has 0 aromatic carbocycles. The van der Waals surface area contributed by atoms with Crippen LogP contribution in [0.25, 0.3) is 0 Å². The van der Waals surface area contributed by atoms with Crippen LogP contribution in [-0.4, -0.2) is 43.8 Å². The van der Waals surface area contributed by atoms with Crippen molar-refractivity contribution in [3.63, 3.8) is 0 Å². The zero-order valence-corrected chi connectivity index (χ0v) is 13.3. The molecule has 1 fully saturated rings. The number of esters is 3. The summed E-state index contributed by atoms with van der Waals surface area (Å²) in [5, 5.41) is 3.09. The molecular weight excluding hydrogens is 290 g/mol. The van der Waals surface area contributed by atoms with Gasteiger partial charge in [-0.1, -0.05) is 0 Å². The van der Waals surface area contributed by atoms with Crippen LogP contribution in [-0.2, 0) is 28.6 Å². The summed E-state index contributed by atoms with van der Waals surface area (Å²) < 4.78 is 14.8. The molecule has 0 radical (unpaired) electrons. The molecular formula is C15H23NO6. The summed E-state index contributed by atoms with van der Waals surface area (Å²) in [4.78, 5) is 34.9. The number of piperidine rings is 1. The number of carbonyl (C=O) groups excluding carboxylic acids is 3. The molecule has 0 saturated carbocycles. The zero-order chi connectivity index (χ0) is 16.5. The molecule has 1 atom stereocenters. The fourth-order valence-corrected chi connectivity index (χ4v) is 2.19. The Morgan fingerprint density at radius 3 is 2.18 bits per heavy atom. The van der Waals surface area contributed by atoms with E-state index < -0.39 is 11.9 Å². The van der Waals surface area contributed by atoms with Gasteiger partial charge < -0.3 is 19.5 Å². The first kappa shape index (κ1) is 18.0. The van der Waals surface area contributed by atoms with Crippen LogP contribution in [0, 0.1) is 0 Å². The standard InChI is InChI=1S/C15H23NO6/c1-4-20-14(18)13(15(19)21-5-2)12-8-6-7-11(16-12)9-22-10(3)17/h11,16H,4-9H2,1-3H3/t11-/m0/s1. The van der Waals surface area contributed by atoms with Crippen molar-refractivity contribution < 1.29 is 28.6 Å². The normalized spacial score (nSPS) is 17.2. The third-order valence-corrected chi connectivity index (χ3v) is 3.11. The SMILES string of the molecule is CCOC(=O)C(C(=O)OCC)=C1CCC[C@@H](COC(C)=O)N1. The molecule has 124 valence electrons. The van der Waals surface area contributed by atoms with Gasteiger partial charge in [-0.2, -0.15) is 0 Å². The topological polar surface area (TPSA) is 90.9 Å². The maximum absolute atomic E-state index is 12.0. The summed E-state index contributed by atoms with van der Waals surface area (Å²) in [5.74, 6) is -1.76. The van der Waals surface area contributed by atoms with E-state index in [-0.39, 0.29) is 37.4 Å². The van der Waals surface area contributed by atoms with Crippen LogP contribution >= 0.6 is 0 Å². The molecule has 0 bridgehead atoms. The van der Waals surface area contributed by atoms with Crippen LogP contribution in [0.1, 0.15) is 40.0 Å². The molecule has 1 heterocycles. The summed E-state index contributed by atoms with van der Waals surface area (Å²) >= 11 is 0. The average Bonchev–Trinajstić information content (AvgIpc) is 2.46. The number of hydrogen-bond donors (Lipinski definition) is 1. The minimum absolute atomic E-state index is 0.101. The number of carbonyl (C=O) groups is 3. The van der Waals surface area contributed by atoms with Crippen LogP contribution in [0.15, 0.2) is 11.3 Å². The van der Waals surface area contributed by atoms with Crippen molar-refractivity contribution in [3.8, 4) is 0 Å². The van der Waals surface area contributed by atoms with E-state index in [1.165, 1.54) is 6.92 Å². The van der Waals surface area contributed by atoms with Crippen molar-refractivity contribution in [3.05, 3.63) is 11.3 Å². The van der Waals surface area contributed by atoms with E-state index in [1.54, 1.807) is 13.8 Å². The summed E-state index contributed by atoms with van der Waals surface area (Å²) in [6, 6.07) is -0.133. The highest BCUT2D eigenvalue weighted by Gasteiger charge is 2.29. The van der Waals surface area contributed by atoms with E-state index in [2.05, 4.69) is 5.32 Å². The molecule has 22 heavy (non-hydrogen) atoms. The lowest BCUT2D eigenvalue weighted by atomic mass is 9.99. The second-order valence-corrected chi connectivity index (χ2v) is 4.83. The van der Waals surface area contributed by atoms with Gasteiger partial charge in [0.2, 0.25) is 0 Å². The molecule has 0 aromatic heterocycles. The summed E-state index contributed by atoms with van der Waals surface area (Å²) in [6.45, 7) is 5.21. The van der Waals surface area contributed by atoms with Crippen LogP contribution in [0.3, 0.4) is 0 Å². The number of ether oxygens (including phenoxy) is 3. The molecule has 0 aliphatic carbocycles. The van der Waals surface area contributed by atoms with Gasteiger partial charge in [0.05, 0.1) is 19.3 Å². The Balaban J connectivity index is 2.91. The second kappa shape index (κ2) is 9.07. The molecule has 1 aliphatic heterocycles. The van der Waals surface area contributed by atoms with E-state index in [0.29, 0.717) is 12.1 Å². The first-order valence-corrected chi connectivity index (χ1v) is 7.46. The van der Waals surface area contributed by atoms with Crippen LogP contribution < -0.4 is 5.32 Å². The Bertz CT molecular complexity index is 437. The molecule has 0 amide bonds. The quantitative estimate of drug-likeness (QED) is 0.258. The molecule has 0 spiro atoms. The van der Waals surface area contributed by atoms with Gasteiger partial charge in [-0.05, 0) is 33.1 Å². The highest BCUT2D eigenvalue weighted by atomic mass is 16.6. The number of hydrogen-bond acceptors (Lipinski definition) is 7. The van der Waals surface area contributed by atoms with Gasteiger partial charge in [0.15, 0.2) is 5.57 Å². The molecule has 1 N–H and O–H groups in total. The zero-order valence-electron chi connectivity index (χ0n) is 13.3. The minimum Gasteiger partial charge on any atom is -0.464 e. The van der Waals surface area contributed by atoms with Crippen molar-refractivity contribution >= 4 is 17.9 Å². The first-order valence-electron chi connectivity index (χ1n) is 7.46. The molecule has 0 unspecified atom stereocenters. The van der Waals surface area contributed by atoms with E-state index in [0.717, 1.165) is 12.8 Å². The Morgan fingerprint density at radius 2 is 1.68 bits per heavy atom. The molecule has 7 nitrogen and oxygen atoms in total. The van der Waals surface area contributed by atoms with Gasteiger partial charge in [-0.15, -0.1) is 0 Å². The van der Waals surface area contributed by atoms with E-state index in [4.69, 9.17) is 14.2 Å². The highest BCUT2D eigenvalue weighted by molar-refractivity contribution is 6.14. The largest absolute Gasteiger partial charge is 0.464 e. The van der Waals surface area contributed by atoms with E-state index in [9.17, 15) is 14.4 Å². The van der Waals surface area contributed by atoms with Gasteiger partial charge in [0.1, 0.15) is 6.61 Å². The average molecular weight is 313 g/mol. The van der Waals surface area contributed by atoms with Gasteiger partial charge in [-0.3, -0.25) is 4.79 Å². The fraction of sp³-hybridized carbons (Fsp3) is 0.667. The lowest BCUT2D eigenvalue weighted by Crippen LogP contribution is -2.39. The van der Waals surface area contributed by atoms with Crippen molar-refractivity contribution in [1.29, 1.82) is 0 Å². The molecule has 7 heteroatoms. The molecule has 1 aliphatic rings.